The summed E-state index contributed by atoms with van der Waals surface area (Å²) in [4.78, 5) is 25.1. The molecule has 0 spiro atoms. The van der Waals surface area contributed by atoms with Crippen LogP contribution in [-0.4, -0.2) is 41.2 Å². The number of likely N-dealkylation sites (N-methyl/N-ethyl adjacent to an activating group) is 1. The average Bonchev–Trinajstić information content (AvgIpc) is 3.08. The fourth-order valence-electron chi connectivity index (χ4n) is 7.88. The largest absolute Gasteiger partial charge is 0.480 e. The number of nitrogens with zero attached hydrogens (tertiary/aromatic N) is 1. The van der Waals surface area contributed by atoms with Crippen molar-refractivity contribution < 1.29 is 19.8 Å². The first-order valence-electron chi connectivity index (χ1n) is 13.0. The number of aliphatic hydroxyl groups is 1. The number of ketones is 1. The summed E-state index contributed by atoms with van der Waals surface area (Å²) in [7, 11) is 1.79. The number of aliphatic carboxylic acids is 1. The van der Waals surface area contributed by atoms with Gasteiger partial charge in [0.15, 0.2) is 5.78 Å². The molecule has 4 aliphatic rings. The number of carbonyl (C=O) groups is 2. The SMILES string of the molecule is C=CC[C@]1(O)CCC2C3CCC4=CC(=O)CCC4=C3[C@@H](c3ccc(N(C)CC(=O)O)cc3)C[C@@]21C. The molecule has 2 saturated carbocycles. The molecule has 2 unspecified atom stereocenters. The molecule has 1 aromatic rings. The van der Waals surface area contributed by atoms with Gasteiger partial charge in [-0.1, -0.05) is 30.7 Å². The van der Waals surface area contributed by atoms with Gasteiger partial charge in [-0.2, -0.15) is 0 Å². The summed E-state index contributed by atoms with van der Waals surface area (Å²) in [5.74, 6) is 0.431. The predicted octanol–water partition coefficient (Wildman–Crippen LogP) is 5.41. The molecular weight excluding hydrogens is 438 g/mol. The molecule has 4 aliphatic carbocycles. The molecule has 0 aliphatic heterocycles. The van der Waals surface area contributed by atoms with E-state index in [1.165, 1.54) is 22.3 Å². The minimum absolute atomic E-state index is 0.0450. The quantitative estimate of drug-likeness (QED) is 0.538. The van der Waals surface area contributed by atoms with Gasteiger partial charge in [0.25, 0.3) is 0 Å². The van der Waals surface area contributed by atoms with Crippen LogP contribution in [0.2, 0.25) is 0 Å². The molecule has 5 rings (SSSR count). The van der Waals surface area contributed by atoms with Crippen molar-refractivity contribution in [2.24, 2.45) is 17.3 Å². The van der Waals surface area contributed by atoms with Crippen LogP contribution in [0, 0.1) is 17.3 Å². The van der Waals surface area contributed by atoms with E-state index < -0.39 is 11.6 Å². The lowest BCUT2D eigenvalue weighted by Gasteiger charge is -2.55. The summed E-state index contributed by atoms with van der Waals surface area (Å²) in [5, 5.41) is 21.0. The van der Waals surface area contributed by atoms with E-state index in [0.717, 1.165) is 44.2 Å². The number of hydrogen-bond donors (Lipinski definition) is 2. The number of anilines is 1. The molecule has 1 aromatic carbocycles. The summed E-state index contributed by atoms with van der Waals surface area (Å²) in [6, 6.07) is 8.31. The van der Waals surface area contributed by atoms with Gasteiger partial charge in [-0.3, -0.25) is 9.59 Å². The van der Waals surface area contributed by atoms with Crippen molar-refractivity contribution in [1.82, 2.24) is 0 Å². The van der Waals surface area contributed by atoms with Crippen molar-refractivity contribution in [1.29, 1.82) is 0 Å². The van der Waals surface area contributed by atoms with Crippen LogP contribution >= 0.6 is 0 Å². The summed E-state index contributed by atoms with van der Waals surface area (Å²) in [6.45, 7) is 6.20. The topological polar surface area (TPSA) is 77.8 Å². The highest BCUT2D eigenvalue weighted by Gasteiger charge is 2.62. The summed E-state index contributed by atoms with van der Waals surface area (Å²) < 4.78 is 0. The van der Waals surface area contributed by atoms with E-state index in [-0.39, 0.29) is 23.7 Å². The molecule has 5 atom stereocenters. The Morgan fingerprint density at radius 1 is 1.20 bits per heavy atom. The molecule has 0 amide bonds. The molecule has 2 N–H and O–H groups in total. The maximum Gasteiger partial charge on any atom is 0.323 e. The molecule has 5 heteroatoms. The van der Waals surface area contributed by atoms with Crippen molar-refractivity contribution in [2.75, 3.05) is 18.5 Å². The number of rotatable bonds is 6. The summed E-state index contributed by atoms with van der Waals surface area (Å²) in [6.07, 6.45) is 10.5. The Bertz CT molecular complexity index is 1120. The number of hydrogen-bond acceptors (Lipinski definition) is 4. The van der Waals surface area contributed by atoms with Gasteiger partial charge < -0.3 is 15.1 Å². The lowest BCUT2D eigenvalue weighted by atomic mass is 9.51. The van der Waals surface area contributed by atoms with E-state index >= 15 is 0 Å². The number of benzene rings is 1. The van der Waals surface area contributed by atoms with Crippen LogP contribution in [0.5, 0.6) is 0 Å². The molecule has 0 saturated heterocycles. The van der Waals surface area contributed by atoms with E-state index in [2.05, 4.69) is 25.6 Å². The van der Waals surface area contributed by atoms with E-state index in [0.29, 0.717) is 24.7 Å². The second kappa shape index (κ2) is 8.77. The lowest BCUT2D eigenvalue weighted by Crippen LogP contribution is -2.51. The highest BCUT2D eigenvalue weighted by Crippen LogP contribution is 2.67. The van der Waals surface area contributed by atoms with Crippen LogP contribution in [0.3, 0.4) is 0 Å². The molecule has 0 radical (unpaired) electrons. The van der Waals surface area contributed by atoms with Crippen molar-refractivity contribution >= 4 is 17.4 Å². The van der Waals surface area contributed by atoms with Gasteiger partial charge in [0.1, 0.15) is 6.54 Å². The van der Waals surface area contributed by atoms with E-state index in [9.17, 15) is 14.7 Å². The van der Waals surface area contributed by atoms with Crippen LogP contribution in [0.15, 0.2) is 59.7 Å². The Morgan fingerprint density at radius 3 is 2.63 bits per heavy atom. The van der Waals surface area contributed by atoms with Crippen LogP contribution in [0.1, 0.15) is 69.8 Å². The van der Waals surface area contributed by atoms with Gasteiger partial charge in [0.2, 0.25) is 0 Å². The van der Waals surface area contributed by atoms with Gasteiger partial charge in [-0.25, -0.2) is 0 Å². The highest BCUT2D eigenvalue weighted by molar-refractivity contribution is 5.93. The molecule has 2 fully saturated rings. The zero-order chi connectivity index (χ0) is 25.0. The molecule has 35 heavy (non-hydrogen) atoms. The Balaban J connectivity index is 1.60. The minimum atomic E-state index is -0.853. The van der Waals surface area contributed by atoms with Crippen LogP contribution < -0.4 is 4.90 Å². The highest BCUT2D eigenvalue weighted by atomic mass is 16.4. The Labute approximate surface area is 208 Å². The first-order chi connectivity index (χ1) is 16.7. The molecule has 0 bridgehead atoms. The Kier molecular flexibility index (Phi) is 6.03. The Morgan fingerprint density at radius 2 is 1.94 bits per heavy atom. The molecule has 0 aromatic heterocycles. The van der Waals surface area contributed by atoms with Crippen LogP contribution in [-0.2, 0) is 9.59 Å². The Hall–Kier alpha value is -2.66. The average molecular weight is 476 g/mol. The van der Waals surface area contributed by atoms with Crippen molar-refractivity contribution in [3.63, 3.8) is 0 Å². The monoisotopic (exact) mass is 475 g/mol. The van der Waals surface area contributed by atoms with Gasteiger partial charge >= 0.3 is 5.97 Å². The first-order valence-corrected chi connectivity index (χ1v) is 13.0. The fraction of sp³-hybridized carbons (Fsp3) is 0.533. The molecular formula is C30H37NO4. The minimum Gasteiger partial charge on any atom is -0.480 e. The third kappa shape index (κ3) is 3.88. The molecule has 5 nitrogen and oxygen atoms in total. The molecule has 0 heterocycles. The third-order valence-electron chi connectivity index (χ3n) is 9.65. The standard InChI is InChI=1S/C30H37NO4/c1-4-14-30(35)15-13-26-24-11-7-20-16-22(32)10-12-23(20)28(24)25(17-29(26,30)2)19-5-8-21(9-6-19)31(3)18-27(33)34/h4-6,8-9,16,24-26,35H,1,7,10-15,17-18H2,2-3H3,(H,33,34)/t24?,25-,26?,29+,30+/m1/s1. The summed E-state index contributed by atoms with van der Waals surface area (Å²) >= 11 is 0. The number of carboxylic acids is 1. The van der Waals surface area contributed by atoms with Crippen molar-refractivity contribution in [2.45, 2.75) is 69.8 Å². The van der Waals surface area contributed by atoms with Gasteiger partial charge in [-0.15, -0.1) is 6.58 Å². The van der Waals surface area contributed by atoms with Crippen LogP contribution in [0.4, 0.5) is 5.69 Å². The molecule has 186 valence electrons. The first kappa shape index (κ1) is 24.1. The second-order valence-electron chi connectivity index (χ2n) is 11.4. The predicted molar refractivity (Wildman–Crippen MR) is 137 cm³/mol. The van der Waals surface area contributed by atoms with Crippen molar-refractivity contribution in [3.05, 3.63) is 65.3 Å². The number of carboxylic acid groups (broad SMARTS) is 1. The smallest absolute Gasteiger partial charge is 0.323 e. The maximum absolute atomic E-state index is 12.2. The number of carbonyl (C=O) groups excluding carboxylic acids is 1. The van der Waals surface area contributed by atoms with Crippen LogP contribution in [0.25, 0.3) is 0 Å². The fourth-order valence-corrected chi connectivity index (χ4v) is 7.88. The van der Waals surface area contributed by atoms with Gasteiger partial charge in [0, 0.05) is 30.5 Å². The van der Waals surface area contributed by atoms with Gasteiger partial charge in [-0.05, 0) is 91.7 Å². The normalized spacial score (nSPS) is 34.0. The van der Waals surface area contributed by atoms with E-state index in [1.54, 1.807) is 11.9 Å². The second-order valence-corrected chi connectivity index (χ2v) is 11.4. The maximum atomic E-state index is 12.2. The van der Waals surface area contributed by atoms with E-state index in [1.807, 2.05) is 24.3 Å². The van der Waals surface area contributed by atoms with E-state index in [4.69, 9.17) is 5.11 Å². The zero-order valence-electron chi connectivity index (χ0n) is 20.9. The van der Waals surface area contributed by atoms with Crippen molar-refractivity contribution in [3.8, 4) is 0 Å². The zero-order valence-corrected chi connectivity index (χ0v) is 20.9. The summed E-state index contributed by atoms with van der Waals surface area (Å²) in [5.41, 5.74) is 5.29. The number of fused-ring (bicyclic) bond motifs is 4. The number of allylic oxidation sites excluding steroid dienone is 4. The lowest BCUT2D eigenvalue weighted by molar-refractivity contribution is -0.135. The third-order valence-corrected chi connectivity index (χ3v) is 9.65. The van der Waals surface area contributed by atoms with Gasteiger partial charge in [0.05, 0.1) is 5.60 Å².